The van der Waals surface area contributed by atoms with Crippen molar-refractivity contribution in [2.75, 3.05) is 6.54 Å². The maximum atomic E-state index is 13.6. The molecular weight excluding hydrogens is 393 g/mol. The van der Waals surface area contributed by atoms with Gasteiger partial charge in [-0.3, -0.25) is 0 Å². The van der Waals surface area contributed by atoms with Crippen LogP contribution in [0.3, 0.4) is 0 Å². The van der Waals surface area contributed by atoms with Crippen molar-refractivity contribution < 1.29 is 13.6 Å². The van der Waals surface area contributed by atoms with Crippen LogP contribution in [0.1, 0.15) is 62.4 Å². The summed E-state index contributed by atoms with van der Waals surface area (Å²) in [6, 6.07) is 11.1. The van der Waals surface area contributed by atoms with E-state index in [2.05, 4.69) is 5.32 Å². The average Bonchev–Trinajstić information content (AvgIpc) is 3.42. The lowest BCUT2D eigenvalue weighted by atomic mass is 9.96. The number of hydrogen-bond acceptors (Lipinski definition) is 3. The lowest BCUT2D eigenvalue weighted by molar-refractivity contribution is 0.178. The van der Waals surface area contributed by atoms with Crippen LogP contribution in [-0.4, -0.2) is 28.5 Å². The molecule has 1 saturated carbocycles. The van der Waals surface area contributed by atoms with Crippen molar-refractivity contribution in [3.05, 3.63) is 53.7 Å². The highest BCUT2D eigenvalue weighted by atomic mass is 19.1. The molecule has 1 atom stereocenters. The number of urea groups is 1. The number of benzene rings is 2. The second kappa shape index (κ2) is 8.33. The van der Waals surface area contributed by atoms with E-state index in [4.69, 9.17) is 9.40 Å². The highest BCUT2D eigenvalue weighted by Gasteiger charge is 2.34. The van der Waals surface area contributed by atoms with E-state index < -0.39 is 0 Å². The summed E-state index contributed by atoms with van der Waals surface area (Å²) in [5.41, 5.74) is 3.99. The summed E-state index contributed by atoms with van der Waals surface area (Å²) in [4.78, 5) is 19.5. The molecule has 31 heavy (non-hydrogen) atoms. The van der Waals surface area contributed by atoms with Crippen LogP contribution in [0.25, 0.3) is 22.2 Å². The monoisotopic (exact) mass is 421 g/mol. The lowest BCUT2D eigenvalue weighted by Crippen LogP contribution is -2.45. The van der Waals surface area contributed by atoms with Crippen LogP contribution in [0.4, 0.5) is 9.18 Å². The predicted octanol–water partition coefficient (Wildman–Crippen LogP) is 6.12. The van der Waals surface area contributed by atoms with E-state index in [1.807, 2.05) is 29.2 Å². The van der Waals surface area contributed by atoms with Gasteiger partial charge < -0.3 is 14.6 Å². The normalized spacial score (nSPS) is 19.8. The third-order valence-electron chi connectivity index (χ3n) is 6.63. The number of fused-ring (bicyclic) bond motifs is 1. The first-order valence-electron chi connectivity index (χ1n) is 11.3. The largest absolute Gasteiger partial charge is 0.438 e. The Hall–Kier alpha value is -2.89. The Morgan fingerprint density at radius 1 is 1.06 bits per heavy atom. The molecule has 1 unspecified atom stereocenters. The molecule has 1 saturated heterocycles. The van der Waals surface area contributed by atoms with Crippen LogP contribution in [0.15, 0.2) is 40.8 Å². The lowest BCUT2D eigenvalue weighted by Gasteiger charge is -2.28. The summed E-state index contributed by atoms with van der Waals surface area (Å²) in [7, 11) is 0. The van der Waals surface area contributed by atoms with Crippen LogP contribution in [0, 0.1) is 12.7 Å². The second-order valence-electron chi connectivity index (χ2n) is 8.83. The quantitative estimate of drug-likeness (QED) is 0.554. The zero-order chi connectivity index (χ0) is 21.4. The number of oxazole rings is 1. The van der Waals surface area contributed by atoms with Gasteiger partial charge in [-0.05, 0) is 73.6 Å². The van der Waals surface area contributed by atoms with Gasteiger partial charge in [-0.25, -0.2) is 14.2 Å². The molecule has 0 spiro atoms. The van der Waals surface area contributed by atoms with E-state index in [0.717, 1.165) is 48.9 Å². The molecule has 0 radical (unpaired) electrons. The summed E-state index contributed by atoms with van der Waals surface area (Å²) < 4.78 is 19.7. The zero-order valence-corrected chi connectivity index (χ0v) is 17.9. The summed E-state index contributed by atoms with van der Waals surface area (Å²) in [6.07, 6.45) is 7.58. The predicted molar refractivity (Wildman–Crippen MR) is 118 cm³/mol. The third kappa shape index (κ3) is 4.03. The number of rotatable bonds is 3. The van der Waals surface area contributed by atoms with Crippen molar-refractivity contribution in [3.8, 4) is 11.1 Å². The number of carbonyl (C=O) groups excluding carboxylic acids is 1. The topological polar surface area (TPSA) is 58.4 Å². The van der Waals surface area contributed by atoms with Gasteiger partial charge in [-0.2, -0.15) is 0 Å². The first kappa shape index (κ1) is 20.0. The maximum Gasteiger partial charge on any atom is 0.318 e. The molecule has 3 aromatic rings. The minimum absolute atomic E-state index is 0.000803. The molecule has 0 bridgehead atoms. The van der Waals surface area contributed by atoms with E-state index in [1.54, 1.807) is 13.0 Å². The fraction of sp³-hybridized carbons (Fsp3) is 0.440. The van der Waals surface area contributed by atoms with Crippen molar-refractivity contribution in [1.29, 1.82) is 0 Å². The number of aromatic nitrogens is 1. The molecule has 2 heterocycles. The highest BCUT2D eigenvalue weighted by Crippen LogP contribution is 2.34. The molecule has 2 fully saturated rings. The van der Waals surface area contributed by atoms with Crippen molar-refractivity contribution in [3.63, 3.8) is 0 Å². The van der Waals surface area contributed by atoms with Gasteiger partial charge in [0.25, 0.3) is 0 Å². The van der Waals surface area contributed by atoms with E-state index in [9.17, 15) is 9.18 Å². The number of amides is 2. The standard InChI is InChI=1S/C25H28FN3O2/c1-16-14-17(9-11-20(16)26)18-10-12-23-21(15-18)28-24(31-23)22-8-5-13-29(22)25(30)27-19-6-3-2-4-7-19/h9-12,14-15,19,22H,2-8,13H2,1H3,(H,27,30). The number of likely N-dealkylation sites (tertiary alicyclic amines) is 1. The number of nitrogens with zero attached hydrogens (tertiary/aromatic N) is 2. The fourth-order valence-electron chi connectivity index (χ4n) is 4.86. The molecule has 2 aromatic carbocycles. The molecule has 2 amide bonds. The van der Waals surface area contributed by atoms with Crippen LogP contribution in [-0.2, 0) is 0 Å². The van der Waals surface area contributed by atoms with E-state index >= 15 is 0 Å². The minimum Gasteiger partial charge on any atom is -0.438 e. The van der Waals surface area contributed by atoms with Gasteiger partial charge in [0.15, 0.2) is 5.58 Å². The SMILES string of the molecule is Cc1cc(-c2ccc3oc(C4CCCN4C(=O)NC4CCCCC4)nc3c2)ccc1F. The smallest absolute Gasteiger partial charge is 0.318 e. The number of carbonyl (C=O) groups is 1. The molecule has 162 valence electrons. The molecule has 6 heteroatoms. The number of nitrogens with one attached hydrogen (secondary N) is 1. The number of halogens is 1. The molecule has 5 rings (SSSR count). The Bertz CT molecular complexity index is 1100. The molecular formula is C25H28FN3O2. The first-order valence-corrected chi connectivity index (χ1v) is 11.3. The average molecular weight is 422 g/mol. The highest BCUT2D eigenvalue weighted by molar-refractivity contribution is 5.81. The molecule has 1 aromatic heterocycles. The van der Waals surface area contributed by atoms with Crippen LogP contribution < -0.4 is 5.32 Å². The van der Waals surface area contributed by atoms with E-state index in [1.165, 1.54) is 25.3 Å². The molecule has 5 nitrogen and oxygen atoms in total. The zero-order valence-electron chi connectivity index (χ0n) is 17.9. The molecule has 1 aliphatic heterocycles. The van der Waals surface area contributed by atoms with Crippen LogP contribution in [0.2, 0.25) is 0 Å². The Balaban J connectivity index is 1.37. The first-order chi connectivity index (χ1) is 15.1. The van der Waals surface area contributed by atoms with Gasteiger partial charge in [-0.1, -0.05) is 31.4 Å². The number of aryl methyl sites for hydroxylation is 1. The fourth-order valence-corrected chi connectivity index (χ4v) is 4.86. The third-order valence-corrected chi connectivity index (χ3v) is 6.63. The Morgan fingerprint density at radius 3 is 2.65 bits per heavy atom. The van der Waals surface area contributed by atoms with Gasteiger partial charge in [-0.15, -0.1) is 0 Å². The molecule has 1 N–H and O–H groups in total. The van der Waals surface area contributed by atoms with E-state index in [-0.39, 0.29) is 23.9 Å². The van der Waals surface area contributed by atoms with Crippen molar-refractivity contribution in [1.82, 2.24) is 15.2 Å². The maximum absolute atomic E-state index is 13.6. The van der Waals surface area contributed by atoms with Crippen molar-refractivity contribution in [2.45, 2.75) is 64.0 Å². The summed E-state index contributed by atoms with van der Waals surface area (Å²) in [5.74, 6) is 0.389. The minimum atomic E-state index is -0.207. The Kier molecular flexibility index (Phi) is 5.38. The van der Waals surface area contributed by atoms with Gasteiger partial charge in [0.05, 0.1) is 0 Å². The van der Waals surface area contributed by atoms with Gasteiger partial charge >= 0.3 is 6.03 Å². The van der Waals surface area contributed by atoms with Gasteiger partial charge in [0, 0.05) is 12.6 Å². The molecule has 2 aliphatic rings. The van der Waals surface area contributed by atoms with Crippen LogP contribution >= 0.6 is 0 Å². The Morgan fingerprint density at radius 2 is 1.84 bits per heavy atom. The molecule has 1 aliphatic carbocycles. The second-order valence-corrected chi connectivity index (χ2v) is 8.83. The van der Waals surface area contributed by atoms with Crippen molar-refractivity contribution >= 4 is 17.1 Å². The summed E-state index contributed by atoms with van der Waals surface area (Å²) in [6.45, 7) is 2.49. The summed E-state index contributed by atoms with van der Waals surface area (Å²) in [5, 5.41) is 3.22. The van der Waals surface area contributed by atoms with Gasteiger partial charge in [0.2, 0.25) is 5.89 Å². The van der Waals surface area contributed by atoms with Gasteiger partial charge in [0.1, 0.15) is 17.4 Å². The Labute approximate surface area is 181 Å². The van der Waals surface area contributed by atoms with E-state index in [0.29, 0.717) is 17.0 Å². The van der Waals surface area contributed by atoms with Crippen LogP contribution in [0.5, 0.6) is 0 Å². The van der Waals surface area contributed by atoms with Crippen molar-refractivity contribution in [2.24, 2.45) is 0 Å². The number of hydrogen-bond donors (Lipinski definition) is 1. The summed E-state index contributed by atoms with van der Waals surface area (Å²) >= 11 is 0.